The predicted octanol–water partition coefficient (Wildman–Crippen LogP) is 1.77. The van der Waals surface area contributed by atoms with E-state index in [4.69, 9.17) is 9.84 Å². The summed E-state index contributed by atoms with van der Waals surface area (Å²) in [7, 11) is 0. The van der Waals surface area contributed by atoms with Gasteiger partial charge in [-0.05, 0) is 18.4 Å². The molecule has 0 aliphatic rings. The van der Waals surface area contributed by atoms with Gasteiger partial charge in [0.1, 0.15) is 5.75 Å². The molecule has 3 nitrogen and oxygen atoms in total. The third-order valence-electron chi connectivity index (χ3n) is 1.32. The fourth-order valence-corrected chi connectivity index (χ4v) is 1.69. The van der Waals surface area contributed by atoms with E-state index in [0.29, 0.717) is 12.4 Å². The first-order valence-electron chi connectivity index (χ1n) is 3.65. The van der Waals surface area contributed by atoms with Crippen LogP contribution in [0.25, 0.3) is 0 Å². The van der Waals surface area contributed by atoms with Gasteiger partial charge in [-0.25, -0.2) is 0 Å². The zero-order valence-corrected chi connectivity index (χ0v) is 7.56. The molecule has 0 saturated carbocycles. The van der Waals surface area contributed by atoms with Crippen molar-refractivity contribution in [3.63, 3.8) is 0 Å². The Balaban J connectivity index is 2.69. The van der Waals surface area contributed by atoms with Gasteiger partial charge < -0.3 is 9.84 Å². The van der Waals surface area contributed by atoms with Crippen molar-refractivity contribution in [2.24, 2.45) is 0 Å². The van der Waals surface area contributed by atoms with Crippen LogP contribution in [0.4, 0.5) is 0 Å². The van der Waals surface area contributed by atoms with E-state index in [1.165, 1.54) is 11.3 Å². The number of carboxylic acid groups (broad SMARTS) is 1. The molecule has 0 amide bonds. The molecule has 0 atom stereocenters. The Hall–Kier alpha value is -1.03. The van der Waals surface area contributed by atoms with Crippen molar-refractivity contribution in [3.8, 4) is 5.75 Å². The fraction of sp³-hybridized carbons (Fsp3) is 0.375. The van der Waals surface area contributed by atoms with Crippen molar-refractivity contribution in [1.82, 2.24) is 0 Å². The van der Waals surface area contributed by atoms with Crippen molar-refractivity contribution in [1.29, 1.82) is 0 Å². The van der Waals surface area contributed by atoms with Crippen LogP contribution in [-0.4, -0.2) is 17.7 Å². The first kappa shape index (κ1) is 9.06. The normalized spacial score (nSPS) is 9.75. The van der Waals surface area contributed by atoms with Crippen LogP contribution in [0.15, 0.2) is 11.4 Å². The third-order valence-corrected chi connectivity index (χ3v) is 2.22. The van der Waals surface area contributed by atoms with Crippen molar-refractivity contribution in [2.45, 2.75) is 13.3 Å². The lowest BCUT2D eigenvalue weighted by molar-refractivity contribution is -0.136. The van der Waals surface area contributed by atoms with Gasteiger partial charge in [-0.3, -0.25) is 4.79 Å². The molecule has 1 heterocycles. The van der Waals surface area contributed by atoms with Crippen LogP contribution in [0.2, 0.25) is 0 Å². The summed E-state index contributed by atoms with van der Waals surface area (Å²) in [5.74, 6) is -0.122. The SMILES string of the molecule is CCOc1ccsc1CC(=O)O. The van der Waals surface area contributed by atoms with Gasteiger partial charge >= 0.3 is 5.97 Å². The highest BCUT2D eigenvalue weighted by Gasteiger charge is 2.08. The number of ether oxygens (including phenoxy) is 1. The maximum Gasteiger partial charge on any atom is 0.308 e. The minimum atomic E-state index is -0.821. The van der Waals surface area contributed by atoms with Crippen LogP contribution in [0.3, 0.4) is 0 Å². The smallest absolute Gasteiger partial charge is 0.308 e. The highest BCUT2D eigenvalue weighted by atomic mass is 32.1. The van der Waals surface area contributed by atoms with Crippen LogP contribution in [0.1, 0.15) is 11.8 Å². The molecule has 66 valence electrons. The van der Waals surface area contributed by atoms with E-state index < -0.39 is 5.97 Å². The number of aliphatic carboxylic acids is 1. The number of hydrogen-bond donors (Lipinski definition) is 1. The Morgan fingerprint density at radius 3 is 3.08 bits per heavy atom. The molecule has 0 aliphatic heterocycles. The van der Waals surface area contributed by atoms with Gasteiger partial charge in [-0.15, -0.1) is 11.3 Å². The molecule has 12 heavy (non-hydrogen) atoms. The summed E-state index contributed by atoms with van der Waals surface area (Å²) >= 11 is 1.41. The zero-order valence-electron chi connectivity index (χ0n) is 6.74. The summed E-state index contributed by atoms with van der Waals surface area (Å²) < 4.78 is 5.22. The average molecular weight is 186 g/mol. The molecular weight excluding hydrogens is 176 g/mol. The molecule has 4 heteroatoms. The van der Waals surface area contributed by atoms with Crippen LogP contribution < -0.4 is 4.74 Å². The van der Waals surface area contributed by atoms with Gasteiger partial charge in [-0.2, -0.15) is 0 Å². The van der Waals surface area contributed by atoms with Gasteiger partial charge in [0.2, 0.25) is 0 Å². The quantitative estimate of drug-likeness (QED) is 0.779. The summed E-state index contributed by atoms with van der Waals surface area (Å²) in [4.78, 5) is 11.2. The summed E-state index contributed by atoms with van der Waals surface area (Å²) in [6, 6.07) is 1.80. The molecule has 1 aromatic rings. The number of rotatable bonds is 4. The summed E-state index contributed by atoms with van der Waals surface area (Å²) in [6.07, 6.45) is 0.0486. The highest BCUT2D eigenvalue weighted by Crippen LogP contribution is 2.25. The van der Waals surface area contributed by atoms with Crippen molar-refractivity contribution >= 4 is 17.3 Å². The molecule has 0 unspecified atom stereocenters. The second-order valence-corrected chi connectivity index (χ2v) is 3.21. The molecule has 0 aromatic carbocycles. The Bertz CT molecular complexity index is 267. The van der Waals surface area contributed by atoms with E-state index in [1.54, 1.807) is 6.07 Å². The van der Waals surface area contributed by atoms with Crippen LogP contribution in [0, 0.1) is 0 Å². The second-order valence-electron chi connectivity index (χ2n) is 2.21. The minimum Gasteiger partial charge on any atom is -0.493 e. The van der Waals surface area contributed by atoms with Crippen molar-refractivity contribution in [3.05, 3.63) is 16.3 Å². The van der Waals surface area contributed by atoms with E-state index in [1.807, 2.05) is 12.3 Å². The molecule has 1 N–H and O–H groups in total. The van der Waals surface area contributed by atoms with Crippen LogP contribution >= 0.6 is 11.3 Å². The Morgan fingerprint density at radius 1 is 1.75 bits per heavy atom. The molecule has 1 aromatic heterocycles. The van der Waals surface area contributed by atoms with E-state index in [-0.39, 0.29) is 6.42 Å². The van der Waals surface area contributed by atoms with Crippen molar-refractivity contribution < 1.29 is 14.6 Å². The second kappa shape index (κ2) is 4.11. The predicted molar refractivity (Wildman–Crippen MR) is 46.8 cm³/mol. The lowest BCUT2D eigenvalue weighted by atomic mass is 10.3. The molecule has 0 spiro atoms. The maximum absolute atomic E-state index is 10.4. The zero-order chi connectivity index (χ0) is 8.97. The monoisotopic (exact) mass is 186 g/mol. The van der Waals surface area contributed by atoms with Gasteiger partial charge in [0.15, 0.2) is 0 Å². The topological polar surface area (TPSA) is 46.5 Å². The number of carboxylic acids is 1. The number of thiophene rings is 1. The molecular formula is C8H10O3S. The number of hydrogen-bond acceptors (Lipinski definition) is 3. The van der Waals surface area contributed by atoms with E-state index in [2.05, 4.69) is 0 Å². The maximum atomic E-state index is 10.4. The van der Waals surface area contributed by atoms with Crippen molar-refractivity contribution in [2.75, 3.05) is 6.61 Å². The van der Waals surface area contributed by atoms with E-state index in [9.17, 15) is 4.79 Å². The Labute approximate surface area is 74.6 Å². The first-order valence-corrected chi connectivity index (χ1v) is 4.53. The third kappa shape index (κ3) is 2.23. The number of carbonyl (C=O) groups is 1. The summed E-state index contributed by atoms with van der Waals surface area (Å²) in [5.41, 5.74) is 0. The minimum absolute atomic E-state index is 0.0486. The average Bonchev–Trinajstić information content (AvgIpc) is 2.37. The summed E-state index contributed by atoms with van der Waals surface area (Å²) in [6.45, 7) is 2.45. The molecule has 0 bridgehead atoms. The first-order chi connectivity index (χ1) is 5.74. The lowest BCUT2D eigenvalue weighted by Gasteiger charge is -2.01. The molecule has 0 saturated heterocycles. The molecule has 0 aliphatic carbocycles. The van der Waals surface area contributed by atoms with E-state index in [0.717, 1.165) is 4.88 Å². The molecule has 1 rings (SSSR count). The highest BCUT2D eigenvalue weighted by molar-refractivity contribution is 7.10. The Kier molecular flexibility index (Phi) is 3.10. The van der Waals surface area contributed by atoms with Gasteiger partial charge in [0, 0.05) is 0 Å². The largest absolute Gasteiger partial charge is 0.493 e. The Morgan fingerprint density at radius 2 is 2.50 bits per heavy atom. The standard InChI is InChI=1S/C8H10O3S/c1-2-11-6-3-4-12-7(6)5-8(9)10/h3-4H,2,5H2,1H3,(H,9,10). The molecule has 0 fully saturated rings. The summed E-state index contributed by atoms with van der Waals surface area (Å²) in [5, 5.41) is 10.4. The van der Waals surface area contributed by atoms with Gasteiger partial charge in [-0.1, -0.05) is 0 Å². The lowest BCUT2D eigenvalue weighted by Crippen LogP contribution is -2.00. The molecule has 0 radical (unpaired) electrons. The fourth-order valence-electron chi connectivity index (χ4n) is 0.879. The van der Waals surface area contributed by atoms with Crippen LogP contribution in [0.5, 0.6) is 5.75 Å². The van der Waals surface area contributed by atoms with Gasteiger partial charge in [0.05, 0.1) is 17.9 Å². The van der Waals surface area contributed by atoms with Crippen LogP contribution in [-0.2, 0) is 11.2 Å². The van der Waals surface area contributed by atoms with Gasteiger partial charge in [0.25, 0.3) is 0 Å². The van der Waals surface area contributed by atoms with E-state index >= 15 is 0 Å².